The van der Waals surface area contributed by atoms with Gasteiger partial charge in [0.05, 0.1) is 19.3 Å². The van der Waals surface area contributed by atoms with Crippen molar-refractivity contribution in [3.63, 3.8) is 0 Å². The number of nitrogens with zero attached hydrogens (tertiary/aromatic N) is 3. The fourth-order valence-corrected chi connectivity index (χ4v) is 2.89. The van der Waals surface area contributed by atoms with Gasteiger partial charge in [0.15, 0.2) is 0 Å². The maximum absolute atomic E-state index is 12.2. The van der Waals surface area contributed by atoms with Crippen LogP contribution in [0.25, 0.3) is 0 Å². The molecule has 0 aliphatic heterocycles. The van der Waals surface area contributed by atoms with Crippen molar-refractivity contribution in [3.05, 3.63) is 83.4 Å². The molecule has 3 aromatic rings. The number of hydrogen-bond donors (Lipinski definition) is 2. The van der Waals surface area contributed by atoms with Crippen LogP contribution in [0.1, 0.15) is 36.1 Å². The van der Waals surface area contributed by atoms with Gasteiger partial charge in [0.2, 0.25) is 0 Å². The van der Waals surface area contributed by atoms with Gasteiger partial charge in [-0.2, -0.15) is 5.10 Å². The fraction of sp³-hybridized carbons (Fsp3) is 0.318. The minimum absolute atomic E-state index is 0.166. The van der Waals surface area contributed by atoms with Crippen molar-refractivity contribution in [2.45, 2.75) is 46.2 Å². The Labute approximate surface area is 171 Å². The van der Waals surface area contributed by atoms with E-state index in [2.05, 4.69) is 26.8 Å². The molecule has 0 saturated carbocycles. The zero-order valence-electron chi connectivity index (χ0n) is 16.8. The Balaban J connectivity index is 1.48. The van der Waals surface area contributed by atoms with E-state index in [4.69, 9.17) is 4.74 Å². The number of ether oxygens (including phenoxy) is 1. The topological polar surface area (TPSA) is 81.1 Å². The van der Waals surface area contributed by atoms with Gasteiger partial charge >= 0.3 is 6.03 Å². The van der Waals surface area contributed by atoms with Crippen molar-refractivity contribution in [2.75, 3.05) is 0 Å². The van der Waals surface area contributed by atoms with Crippen LogP contribution >= 0.6 is 0 Å². The van der Waals surface area contributed by atoms with Gasteiger partial charge in [0, 0.05) is 13.1 Å². The van der Waals surface area contributed by atoms with Crippen LogP contribution in [0.4, 0.5) is 4.79 Å². The highest BCUT2D eigenvalue weighted by atomic mass is 16.5. The average molecular weight is 393 g/mol. The lowest BCUT2D eigenvalue weighted by molar-refractivity contribution is 0.0652. The Morgan fingerprint density at radius 2 is 1.79 bits per heavy atom. The molecule has 3 rings (SSSR count). The molecule has 29 heavy (non-hydrogen) atoms. The van der Waals surface area contributed by atoms with E-state index in [0.29, 0.717) is 26.2 Å². The molecule has 2 aromatic carbocycles. The zero-order chi connectivity index (χ0) is 20.5. The lowest BCUT2D eigenvalue weighted by Crippen LogP contribution is -2.34. The van der Waals surface area contributed by atoms with Gasteiger partial charge in [-0.1, -0.05) is 48.5 Å². The van der Waals surface area contributed by atoms with E-state index in [1.807, 2.05) is 56.3 Å². The highest BCUT2D eigenvalue weighted by Gasteiger charge is 2.06. The molecule has 0 bridgehead atoms. The van der Waals surface area contributed by atoms with Crippen molar-refractivity contribution in [2.24, 2.45) is 0 Å². The molecule has 1 heterocycles. The summed E-state index contributed by atoms with van der Waals surface area (Å²) in [7, 11) is 0. The van der Waals surface area contributed by atoms with Crippen molar-refractivity contribution in [3.8, 4) is 0 Å². The van der Waals surface area contributed by atoms with Gasteiger partial charge in [0.25, 0.3) is 0 Å². The molecule has 0 radical (unpaired) electrons. The van der Waals surface area contributed by atoms with E-state index in [1.165, 1.54) is 6.33 Å². The molecule has 0 fully saturated rings. The third-order valence-electron chi connectivity index (χ3n) is 4.39. The first-order valence-corrected chi connectivity index (χ1v) is 9.70. The summed E-state index contributed by atoms with van der Waals surface area (Å²) in [6.45, 7) is 6.11. The Kier molecular flexibility index (Phi) is 7.35. The zero-order valence-corrected chi connectivity index (χ0v) is 16.8. The number of nitrogens with one attached hydrogen (secondary N) is 2. The minimum atomic E-state index is -0.203. The molecule has 7 nitrogen and oxygen atoms in total. The number of urea groups is 1. The van der Waals surface area contributed by atoms with E-state index in [0.717, 1.165) is 22.3 Å². The normalized spacial score (nSPS) is 10.9. The SMILES string of the molecule is CC(C)OCc1ccccc1CNC(=O)NCc1cccc(Cn2cncn2)c1. The highest BCUT2D eigenvalue weighted by molar-refractivity contribution is 5.73. The summed E-state index contributed by atoms with van der Waals surface area (Å²) in [5, 5.41) is 9.94. The second-order valence-corrected chi connectivity index (χ2v) is 7.08. The fourth-order valence-electron chi connectivity index (χ4n) is 2.89. The Bertz CT molecular complexity index is 909. The maximum atomic E-state index is 12.2. The second kappa shape index (κ2) is 10.4. The van der Waals surface area contributed by atoms with Gasteiger partial charge in [-0.25, -0.2) is 14.5 Å². The van der Waals surface area contributed by atoms with Crippen LogP contribution in [0.3, 0.4) is 0 Å². The molecule has 0 saturated heterocycles. The Morgan fingerprint density at radius 3 is 2.55 bits per heavy atom. The maximum Gasteiger partial charge on any atom is 0.315 e. The van der Waals surface area contributed by atoms with Gasteiger partial charge < -0.3 is 15.4 Å². The van der Waals surface area contributed by atoms with E-state index in [9.17, 15) is 4.79 Å². The summed E-state index contributed by atoms with van der Waals surface area (Å²) >= 11 is 0. The van der Waals surface area contributed by atoms with Crippen LogP contribution in [0.2, 0.25) is 0 Å². The first-order valence-electron chi connectivity index (χ1n) is 9.70. The number of carbonyl (C=O) groups is 1. The van der Waals surface area contributed by atoms with E-state index in [-0.39, 0.29) is 12.1 Å². The molecular weight excluding hydrogens is 366 g/mol. The molecule has 7 heteroatoms. The molecular formula is C22H27N5O2. The molecule has 152 valence electrons. The monoisotopic (exact) mass is 393 g/mol. The summed E-state index contributed by atoms with van der Waals surface area (Å²) in [6, 6.07) is 15.8. The molecule has 0 aliphatic rings. The van der Waals surface area contributed by atoms with Crippen molar-refractivity contribution in [1.29, 1.82) is 0 Å². The van der Waals surface area contributed by atoms with Crippen molar-refractivity contribution < 1.29 is 9.53 Å². The Morgan fingerprint density at radius 1 is 1.03 bits per heavy atom. The molecule has 0 aliphatic carbocycles. The van der Waals surface area contributed by atoms with Gasteiger partial charge in [-0.3, -0.25) is 0 Å². The number of benzene rings is 2. The van der Waals surface area contributed by atoms with Crippen LogP contribution in [-0.4, -0.2) is 26.9 Å². The van der Waals surface area contributed by atoms with Crippen LogP contribution in [-0.2, 0) is 31.0 Å². The van der Waals surface area contributed by atoms with E-state index >= 15 is 0 Å². The largest absolute Gasteiger partial charge is 0.374 e. The number of rotatable bonds is 9. The molecule has 0 spiro atoms. The van der Waals surface area contributed by atoms with Crippen LogP contribution < -0.4 is 10.6 Å². The standard InChI is InChI=1S/C22H27N5O2/c1-17(2)29-14-21-9-4-3-8-20(21)12-25-22(28)24-11-18-6-5-7-19(10-18)13-27-16-23-15-26-27/h3-10,15-17H,11-14H2,1-2H3,(H2,24,25,28). The summed E-state index contributed by atoms with van der Waals surface area (Å²) in [5.41, 5.74) is 4.28. The molecule has 0 unspecified atom stereocenters. The summed E-state index contributed by atoms with van der Waals surface area (Å²) in [5.74, 6) is 0. The summed E-state index contributed by atoms with van der Waals surface area (Å²) in [6.07, 6.45) is 3.37. The molecule has 1 aromatic heterocycles. The van der Waals surface area contributed by atoms with Crippen LogP contribution in [0.5, 0.6) is 0 Å². The van der Waals surface area contributed by atoms with Crippen LogP contribution in [0, 0.1) is 0 Å². The van der Waals surface area contributed by atoms with Crippen molar-refractivity contribution in [1.82, 2.24) is 25.4 Å². The number of aromatic nitrogens is 3. The lowest BCUT2D eigenvalue weighted by Gasteiger charge is -2.13. The predicted octanol–water partition coefficient (Wildman–Crippen LogP) is 3.25. The van der Waals surface area contributed by atoms with Crippen LogP contribution in [0.15, 0.2) is 61.2 Å². The van der Waals surface area contributed by atoms with Gasteiger partial charge in [-0.15, -0.1) is 0 Å². The number of hydrogen-bond acceptors (Lipinski definition) is 4. The lowest BCUT2D eigenvalue weighted by atomic mass is 10.1. The number of carbonyl (C=O) groups excluding carboxylic acids is 1. The summed E-state index contributed by atoms with van der Waals surface area (Å²) < 4.78 is 7.45. The second-order valence-electron chi connectivity index (χ2n) is 7.08. The molecule has 2 N–H and O–H groups in total. The predicted molar refractivity (Wildman–Crippen MR) is 111 cm³/mol. The van der Waals surface area contributed by atoms with Gasteiger partial charge in [0.1, 0.15) is 12.7 Å². The smallest absolute Gasteiger partial charge is 0.315 e. The van der Waals surface area contributed by atoms with E-state index in [1.54, 1.807) is 11.0 Å². The van der Waals surface area contributed by atoms with Gasteiger partial charge in [-0.05, 0) is 36.1 Å². The first-order chi connectivity index (χ1) is 14.1. The average Bonchev–Trinajstić information content (AvgIpc) is 3.23. The molecule has 2 amide bonds. The Hall–Kier alpha value is -3.19. The summed E-state index contributed by atoms with van der Waals surface area (Å²) in [4.78, 5) is 16.2. The van der Waals surface area contributed by atoms with Crippen molar-refractivity contribution >= 4 is 6.03 Å². The molecule has 0 atom stereocenters. The third-order valence-corrected chi connectivity index (χ3v) is 4.39. The minimum Gasteiger partial charge on any atom is -0.374 e. The van der Waals surface area contributed by atoms with E-state index < -0.39 is 0 Å². The highest BCUT2D eigenvalue weighted by Crippen LogP contribution is 2.11. The number of amides is 2. The third kappa shape index (κ3) is 6.73. The first kappa shape index (κ1) is 20.5. The quantitative estimate of drug-likeness (QED) is 0.585.